The minimum absolute atomic E-state index is 0.164. The van der Waals surface area contributed by atoms with Crippen molar-refractivity contribution in [2.24, 2.45) is 0 Å². The fourth-order valence-corrected chi connectivity index (χ4v) is 4.41. The van der Waals surface area contributed by atoms with Gasteiger partial charge in [-0.3, -0.25) is 0 Å². The van der Waals surface area contributed by atoms with Crippen LogP contribution in [-0.4, -0.2) is 65.4 Å². The van der Waals surface area contributed by atoms with Crippen molar-refractivity contribution < 1.29 is 9.53 Å². The van der Waals surface area contributed by atoms with E-state index in [0.29, 0.717) is 50.3 Å². The number of amides is 2. The average Bonchev–Trinajstić information content (AvgIpc) is 2.93. The molecule has 2 aliphatic rings. The molecule has 37 heavy (non-hydrogen) atoms. The van der Waals surface area contributed by atoms with Gasteiger partial charge in [0.05, 0.1) is 31.6 Å². The van der Waals surface area contributed by atoms with E-state index in [1.807, 2.05) is 42.2 Å². The van der Waals surface area contributed by atoms with Crippen molar-refractivity contribution in [3.05, 3.63) is 47.3 Å². The molecule has 0 aliphatic carbocycles. The quantitative estimate of drug-likeness (QED) is 0.472. The highest BCUT2D eigenvalue weighted by molar-refractivity contribution is 5.89. The highest BCUT2D eigenvalue weighted by Crippen LogP contribution is 2.31. The average molecular weight is 501 g/mol. The summed E-state index contributed by atoms with van der Waals surface area (Å²) < 4.78 is 5.56. The molecule has 2 amide bonds. The van der Waals surface area contributed by atoms with Crippen LogP contribution < -0.4 is 26.2 Å². The number of nitrogens with zero attached hydrogens (tertiary/aromatic N) is 7. The van der Waals surface area contributed by atoms with Crippen LogP contribution in [0.25, 0.3) is 11.4 Å². The van der Waals surface area contributed by atoms with Crippen molar-refractivity contribution in [1.29, 1.82) is 5.26 Å². The molecule has 2 aliphatic heterocycles. The Bertz CT molecular complexity index is 1330. The summed E-state index contributed by atoms with van der Waals surface area (Å²) in [5, 5.41) is 14.7. The number of carbonyl (C=O) groups is 1. The van der Waals surface area contributed by atoms with Crippen molar-refractivity contribution in [2.75, 3.05) is 60.2 Å². The summed E-state index contributed by atoms with van der Waals surface area (Å²) in [6.07, 6.45) is 2.18. The smallest absolute Gasteiger partial charge is 0.319 e. The molecule has 5 rings (SSSR count). The summed E-state index contributed by atoms with van der Waals surface area (Å²) in [7, 11) is 0. The number of nitrogen functional groups attached to an aromatic ring is 1. The number of hydrogen-bond donors (Lipinski definition) is 3. The van der Waals surface area contributed by atoms with E-state index in [9.17, 15) is 4.79 Å². The maximum absolute atomic E-state index is 11.9. The third-order valence-electron chi connectivity index (χ3n) is 6.30. The van der Waals surface area contributed by atoms with Crippen molar-refractivity contribution >= 4 is 29.3 Å². The van der Waals surface area contributed by atoms with E-state index in [0.717, 1.165) is 42.1 Å². The molecule has 1 fully saturated rings. The largest absolute Gasteiger partial charge is 0.382 e. The van der Waals surface area contributed by atoms with Gasteiger partial charge in [0.1, 0.15) is 23.3 Å². The fourth-order valence-electron chi connectivity index (χ4n) is 4.41. The van der Waals surface area contributed by atoms with Crippen LogP contribution in [0.15, 0.2) is 30.5 Å². The highest BCUT2D eigenvalue weighted by atomic mass is 16.5. The molecule has 12 nitrogen and oxygen atoms in total. The van der Waals surface area contributed by atoms with E-state index in [-0.39, 0.29) is 17.4 Å². The number of ether oxygens (including phenoxy) is 1. The number of anilines is 4. The monoisotopic (exact) mass is 500 g/mol. The molecule has 3 aromatic rings. The number of fused-ring (bicyclic) bond motifs is 1. The molecule has 0 atom stereocenters. The van der Waals surface area contributed by atoms with Crippen molar-refractivity contribution in [3.8, 4) is 17.5 Å². The SMILES string of the molecule is CCNC(=O)Nc1ccc(-c2nc3c(c(N4CCOCC4)n2)CCN(c2ncc(C#N)c(N)n2)C3)cc1. The lowest BCUT2D eigenvalue weighted by atomic mass is 10.0. The van der Waals surface area contributed by atoms with Crippen LogP contribution in [0.3, 0.4) is 0 Å². The Labute approximate surface area is 214 Å². The van der Waals surface area contributed by atoms with Crippen LogP contribution in [0.5, 0.6) is 0 Å². The van der Waals surface area contributed by atoms with Crippen molar-refractivity contribution in [1.82, 2.24) is 25.3 Å². The number of carbonyl (C=O) groups excluding carboxylic acids is 1. The number of nitrogens with two attached hydrogens (primary N) is 1. The first kappa shape index (κ1) is 24.2. The number of nitriles is 1. The van der Waals surface area contributed by atoms with Crippen LogP contribution in [0.4, 0.5) is 28.1 Å². The molecule has 190 valence electrons. The molecule has 0 bridgehead atoms. The first-order valence-corrected chi connectivity index (χ1v) is 12.2. The first-order chi connectivity index (χ1) is 18.1. The van der Waals surface area contributed by atoms with Gasteiger partial charge in [-0.2, -0.15) is 10.2 Å². The summed E-state index contributed by atoms with van der Waals surface area (Å²) in [6, 6.07) is 9.22. The van der Waals surface area contributed by atoms with Crippen LogP contribution in [0.1, 0.15) is 23.7 Å². The van der Waals surface area contributed by atoms with Gasteiger partial charge < -0.3 is 30.9 Å². The maximum Gasteiger partial charge on any atom is 0.319 e. The molecule has 0 spiro atoms. The molecule has 2 aromatic heterocycles. The maximum atomic E-state index is 11.9. The minimum atomic E-state index is -0.249. The van der Waals surface area contributed by atoms with E-state index < -0.39 is 0 Å². The number of hydrogen-bond acceptors (Lipinski definition) is 10. The van der Waals surface area contributed by atoms with Gasteiger partial charge in [-0.15, -0.1) is 0 Å². The highest BCUT2D eigenvalue weighted by Gasteiger charge is 2.27. The zero-order valence-electron chi connectivity index (χ0n) is 20.6. The Morgan fingerprint density at radius 1 is 1.14 bits per heavy atom. The zero-order valence-corrected chi connectivity index (χ0v) is 20.6. The van der Waals surface area contributed by atoms with Gasteiger partial charge in [-0.25, -0.2) is 19.7 Å². The number of aromatic nitrogens is 4. The Morgan fingerprint density at radius 2 is 1.92 bits per heavy atom. The lowest BCUT2D eigenvalue weighted by molar-refractivity contribution is 0.122. The molecule has 4 heterocycles. The van der Waals surface area contributed by atoms with Crippen molar-refractivity contribution in [2.45, 2.75) is 19.9 Å². The molecule has 1 aromatic carbocycles. The first-order valence-electron chi connectivity index (χ1n) is 12.2. The number of morpholine rings is 1. The number of nitrogens with one attached hydrogen (secondary N) is 2. The van der Waals surface area contributed by atoms with Gasteiger partial charge in [0.25, 0.3) is 0 Å². The second-order valence-electron chi connectivity index (χ2n) is 8.71. The number of urea groups is 1. The van der Waals surface area contributed by atoms with Crippen molar-refractivity contribution in [3.63, 3.8) is 0 Å². The number of benzene rings is 1. The molecule has 1 saturated heterocycles. The number of rotatable bonds is 5. The van der Waals surface area contributed by atoms with E-state index in [4.69, 9.17) is 25.7 Å². The summed E-state index contributed by atoms with van der Waals surface area (Å²) in [5.41, 5.74) is 9.73. The van der Waals surface area contributed by atoms with E-state index >= 15 is 0 Å². The molecule has 0 unspecified atom stereocenters. The van der Waals surface area contributed by atoms with E-state index in [2.05, 4.69) is 25.5 Å². The van der Waals surface area contributed by atoms with Crippen LogP contribution >= 0.6 is 0 Å². The van der Waals surface area contributed by atoms with Crippen LogP contribution in [0, 0.1) is 11.3 Å². The normalized spacial score (nSPS) is 15.0. The molecule has 0 saturated carbocycles. The Hall–Kier alpha value is -4.50. The lowest BCUT2D eigenvalue weighted by Gasteiger charge is -2.34. The topological polar surface area (TPSA) is 158 Å². The van der Waals surface area contributed by atoms with Crippen LogP contribution in [0.2, 0.25) is 0 Å². The predicted octanol–water partition coefficient (Wildman–Crippen LogP) is 1.93. The van der Waals surface area contributed by atoms with Gasteiger partial charge in [0, 0.05) is 43.0 Å². The third kappa shape index (κ3) is 5.22. The second kappa shape index (κ2) is 10.6. The Kier molecular flexibility index (Phi) is 6.96. The molecule has 4 N–H and O–H groups in total. The molecular weight excluding hydrogens is 472 g/mol. The van der Waals surface area contributed by atoms with Gasteiger partial charge >= 0.3 is 6.03 Å². The van der Waals surface area contributed by atoms with Crippen LogP contribution in [-0.2, 0) is 17.7 Å². The Balaban J connectivity index is 1.47. The lowest BCUT2D eigenvalue weighted by Crippen LogP contribution is -2.40. The molecular formula is C25H28N10O2. The van der Waals surface area contributed by atoms with Gasteiger partial charge in [-0.05, 0) is 37.6 Å². The van der Waals surface area contributed by atoms with Gasteiger partial charge in [0.2, 0.25) is 5.95 Å². The van der Waals surface area contributed by atoms with Gasteiger partial charge in [0.15, 0.2) is 5.82 Å². The predicted molar refractivity (Wildman–Crippen MR) is 139 cm³/mol. The molecule has 12 heteroatoms. The summed E-state index contributed by atoms with van der Waals surface area (Å²) >= 11 is 0. The summed E-state index contributed by atoms with van der Waals surface area (Å²) in [4.78, 5) is 34.7. The fraction of sp³-hybridized carbons (Fsp3) is 0.360. The Morgan fingerprint density at radius 3 is 2.62 bits per heavy atom. The summed E-state index contributed by atoms with van der Waals surface area (Å²) in [5.74, 6) is 2.16. The third-order valence-corrected chi connectivity index (χ3v) is 6.30. The van der Waals surface area contributed by atoms with E-state index in [1.165, 1.54) is 6.20 Å². The van der Waals surface area contributed by atoms with E-state index in [1.54, 1.807) is 0 Å². The minimum Gasteiger partial charge on any atom is -0.382 e. The van der Waals surface area contributed by atoms with Gasteiger partial charge in [-0.1, -0.05) is 0 Å². The zero-order chi connectivity index (χ0) is 25.8. The second-order valence-corrected chi connectivity index (χ2v) is 8.71. The summed E-state index contributed by atoms with van der Waals surface area (Å²) in [6.45, 7) is 6.41. The standard InChI is InChI=1S/C25H28N10O2/c1-2-28-25(36)30-18-5-3-16(4-6-18)22-31-20-15-35(24-29-14-17(13-26)21(27)32-24)8-7-19(20)23(33-22)34-9-11-37-12-10-34/h3-6,14H,2,7-12,15H2,1H3,(H2,27,29,32)(H2,28,30,36). The molecule has 0 radical (unpaired) electrons.